The standard InChI is InChI=1S/C40H48N2O10/c1-26(30(37(47)51-39(2,3)4)24-29-21-22-32(50-29)35(45)41-28-19-13-10-14-20-28)42(23-15-18-27-16-11-9-12-17-27)36(46)34(44)31(25-33(43)49-8)38(48)52-40(5,6)7/h9-22,26,30-31H,23-25H2,1-8H3,(H,41,45). The molecule has 3 atom stereocenters. The van der Waals surface area contributed by atoms with Gasteiger partial charge in [-0.1, -0.05) is 60.7 Å². The maximum absolute atomic E-state index is 14.2. The number of nitrogens with one attached hydrogen (secondary N) is 1. The average molecular weight is 717 g/mol. The van der Waals surface area contributed by atoms with E-state index in [-0.39, 0.29) is 24.5 Å². The molecule has 0 fully saturated rings. The summed E-state index contributed by atoms with van der Waals surface area (Å²) in [6, 6.07) is 20.0. The first-order valence-corrected chi connectivity index (χ1v) is 16.9. The Morgan fingerprint density at radius 3 is 1.96 bits per heavy atom. The van der Waals surface area contributed by atoms with Crippen molar-refractivity contribution >= 4 is 47.3 Å². The quantitative estimate of drug-likeness (QED) is 0.0849. The van der Waals surface area contributed by atoms with Crippen molar-refractivity contribution in [1.82, 2.24) is 4.90 Å². The van der Waals surface area contributed by atoms with Crippen LogP contribution < -0.4 is 5.32 Å². The van der Waals surface area contributed by atoms with Gasteiger partial charge in [0.15, 0.2) is 5.76 Å². The highest BCUT2D eigenvalue weighted by Gasteiger charge is 2.42. The number of esters is 3. The van der Waals surface area contributed by atoms with Crippen LogP contribution >= 0.6 is 0 Å². The van der Waals surface area contributed by atoms with Crippen LogP contribution in [0.1, 0.15) is 76.8 Å². The van der Waals surface area contributed by atoms with Gasteiger partial charge in [-0.05, 0) is 78.3 Å². The second-order valence-corrected chi connectivity index (χ2v) is 14.2. The molecule has 3 aromatic rings. The first kappa shape index (κ1) is 40.9. The number of rotatable bonds is 15. The molecule has 0 aliphatic rings. The number of hydrogen-bond acceptors (Lipinski definition) is 10. The van der Waals surface area contributed by atoms with E-state index >= 15 is 0 Å². The Balaban J connectivity index is 2.02. The molecule has 278 valence electrons. The van der Waals surface area contributed by atoms with Crippen molar-refractivity contribution in [2.45, 2.75) is 78.6 Å². The molecule has 3 unspecified atom stereocenters. The molecule has 3 rings (SSSR count). The van der Waals surface area contributed by atoms with E-state index in [1.165, 1.54) is 6.07 Å². The molecule has 12 nitrogen and oxygen atoms in total. The summed E-state index contributed by atoms with van der Waals surface area (Å²) in [5, 5.41) is 2.74. The number of amides is 2. The van der Waals surface area contributed by atoms with Gasteiger partial charge in [0, 0.05) is 24.7 Å². The predicted octanol–water partition coefficient (Wildman–Crippen LogP) is 6.05. The van der Waals surface area contributed by atoms with Gasteiger partial charge in [-0.2, -0.15) is 0 Å². The van der Waals surface area contributed by atoms with Gasteiger partial charge in [0.1, 0.15) is 22.9 Å². The lowest BCUT2D eigenvalue weighted by Crippen LogP contribution is -2.51. The molecule has 0 saturated carbocycles. The number of methoxy groups -OCH3 is 1. The van der Waals surface area contributed by atoms with E-state index in [0.717, 1.165) is 17.6 Å². The lowest BCUT2D eigenvalue weighted by Gasteiger charge is -2.34. The molecule has 0 aliphatic heterocycles. The van der Waals surface area contributed by atoms with Crippen LogP contribution in [0.15, 0.2) is 83.3 Å². The number of carbonyl (C=O) groups excluding carboxylic acids is 6. The maximum Gasteiger partial charge on any atom is 0.318 e. The first-order chi connectivity index (χ1) is 24.4. The summed E-state index contributed by atoms with van der Waals surface area (Å²) in [6.45, 7) is 11.3. The van der Waals surface area contributed by atoms with E-state index < -0.39 is 71.0 Å². The molecule has 0 saturated heterocycles. The van der Waals surface area contributed by atoms with Crippen molar-refractivity contribution in [2.24, 2.45) is 11.8 Å². The Labute approximate surface area is 304 Å². The van der Waals surface area contributed by atoms with Gasteiger partial charge in [0.2, 0.25) is 5.78 Å². The number of anilines is 1. The Kier molecular flexibility index (Phi) is 14.2. The summed E-state index contributed by atoms with van der Waals surface area (Å²) < 4.78 is 21.7. The van der Waals surface area contributed by atoms with Crippen LogP contribution in [0.2, 0.25) is 0 Å². The van der Waals surface area contributed by atoms with E-state index in [1.807, 2.05) is 36.4 Å². The van der Waals surface area contributed by atoms with E-state index in [2.05, 4.69) is 5.32 Å². The first-order valence-electron chi connectivity index (χ1n) is 16.9. The number of nitrogens with zero attached hydrogens (tertiary/aromatic N) is 1. The Morgan fingerprint density at radius 1 is 0.808 bits per heavy atom. The van der Waals surface area contributed by atoms with Gasteiger partial charge in [-0.15, -0.1) is 0 Å². The van der Waals surface area contributed by atoms with Gasteiger partial charge >= 0.3 is 17.9 Å². The zero-order chi connectivity index (χ0) is 38.6. The molecule has 0 bridgehead atoms. The van der Waals surface area contributed by atoms with E-state index in [4.69, 9.17) is 18.6 Å². The van der Waals surface area contributed by atoms with Crippen LogP contribution in [0.3, 0.4) is 0 Å². The summed E-state index contributed by atoms with van der Waals surface area (Å²) in [6.07, 6.45) is 2.54. The molecular weight excluding hydrogens is 668 g/mol. The lowest BCUT2D eigenvalue weighted by molar-refractivity contribution is -0.169. The highest BCUT2D eigenvalue weighted by Crippen LogP contribution is 2.26. The Morgan fingerprint density at radius 2 is 1.38 bits per heavy atom. The zero-order valence-corrected chi connectivity index (χ0v) is 31.0. The number of furan rings is 1. The Hall–Kier alpha value is -5.52. The number of para-hydroxylation sites is 1. The van der Waals surface area contributed by atoms with Crippen molar-refractivity contribution in [1.29, 1.82) is 0 Å². The fourth-order valence-corrected chi connectivity index (χ4v) is 5.08. The summed E-state index contributed by atoms with van der Waals surface area (Å²) in [7, 11) is 1.10. The third-order valence-corrected chi connectivity index (χ3v) is 7.61. The van der Waals surface area contributed by atoms with Gasteiger partial charge in [0.25, 0.3) is 11.8 Å². The zero-order valence-electron chi connectivity index (χ0n) is 31.0. The van der Waals surface area contributed by atoms with Crippen LogP contribution in [0.4, 0.5) is 5.69 Å². The van der Waals surface area contributed by atoms with E-state index in [1.54, 1.807) is 91.0 Å². The number of carbonyl (C=O) groups is 6. The van der Waals surface area contributed by atoms with Gasteiger partial charge in [-0.3, -0.25) is 28.8 Å². The van der Waals surface area contributed by atoms with Crippen molar-refractivity contribution in [2.75, 3.05) is 19.0 Å². The summed E-state index contributed by atoms with van der Waals surface area (Å²) >= 11 is 0. The average Bonchev–Trinajstić information content (AvgIpc) is 3.55. The molecule has 1 N–H and O–H groups in total. The lowest BCUT2D eigenvalue weighted by atomic mass is 9.92. The Bertz CT molecular complexity index is 1730. The van der Waals surface area contributed by atoms with Crippen LogP contribution in [-0.4, -0.2) is 71.3 Å². The third kappa shape index (κ3) is 12.7. The number of ether oxygens (including phenoxy) is 3. The molecular formula is C40H48N2O10. The molecule has 2 aromatic carbocycles. The number of ketones is 1. The minimum atomic E-state index is -1.80. The smallest absolute Gasteiger partial charge is 0.318 e. The van der Waals surface area contributed by atoms with Crippen molar-refractivity contribution in [3.8, 4) is 0 Å². The van der Waals surface area contributed by atoms with Crippen molar-refractivity contribution in [3.05, 3.63) is 96.0 Å². The second kappa shape index (κ2) is 18.1. The minimum absolute atomic E-state index is 0.00800. The topological polar surface area (TPSA) is 159 Å². The molecule has 1 aromatic heterocycles. The molecule has 0 aliphatic carbocycles. The highest BCUT2D eigenvalue weighted by molar-refractivity contribution is 6.40. The monoisotopic (exact) mass is 716 g/mol. The normalized spacial score (nSPS) is 13.4. The van der Waals surface area contributed by atoms with Gasteiger partial charge < -0.3 is 28.8 Å². The van der Waals surface area contributed by atoms with Gasteiger partial charge in [0.05, 0.1) is 19.4 Å². The maximum atomic E-state index is 14.2. The molecule has 0 spiro atoms. The third-order valence-electron chi connectivity index (χ3n) is 7.61. The SMILES string of the molecule is COC(=O)CC(C(=O)OC(C)(C)C)C(=O)C(=O)N(CC=Cc1ccccc1)C(C)C(Cc1ccc(C(=O)Nc2ccccc2)o1)C(=O)OC(C)(C)C. The van der Waals surface area contributed by atoms with Gasteiger partial charge in [-0.25, -0.2) is 0 Å². The number of benzene rings is 2. The summed E-state index contributed by atoms with van der Waals surface area (Å²) in [5.41, 5.74) is -0.571. The highest BCUT2D eigenvalue weighted by atomic mass is 16.6. The number of Topliss-reactive ketones (excluding diaryl/α,β-unsaturated/α-hetero) is 1. The summed E-state index contributed by atoms with van der Waals surface area (Å²) in [5.74, 6) is -8.17. The fourth-order valence-electron chi connectivity index (χ4n) is 5.08. The molecule has 2 amide bonds. The molecule has 1 heterocycles. The van der Waals surface area contributed by atoms with Crippen LogP contribution in [0.25, 0.3) is 6.08 Å². The molecule has 12 heteroatoms. The fraction of sp³-hybridized carbons (Fsp3) is 0.400. The second-order valence-electron chi connectivity index (χ2n) is 14.2. The predicted molar refractivity (Wildman–Crippen MR) is 194 cm³/mol. The van der Waals surface area contributed by atoms with E-state index in [0.29, 0.717) is 5.69 Å². The van der Waals surface area contributed by atoms with Crippen molar-refractivity contribution in [3.63, 3.8) is 0 Å². The van der Waals surface area contributed by atoms with Crippen LogP contribution in [-0.2, 0) is 44.6 Å². The summed E-state index contributed by atoms with van der Waals surface area (Å²) in [4.78, 5) is 81.5. The largest absolute Gasteiger partial charge is 0.469 e. The van der Waals surface area contributed by atoms with Crippen molar-refractivity contribution < 1.29 is 47.4 Å². The van der Waals surface area contributed by atoms with Crippen LogP contribution in [0, 0.1) is 11.8 Å². The molecule has 0 radical (unpaired) electrons. The van der Waals surface area contributed by atoms with E-state index in [9.17, 15) is 28.8 Å². The molecule has 52 heavy (non-hydrogen) atoms. The number of hydrogen-bond donors (Lipinski definition) is 1. The minimum Gasteiger partial charge on any atom is -0.469 e. The van der Waals surface area contributed by atoms with Crippen LogP contribution in [0.5, 0.6) is 0 Å².